The molecule has 0 aromatic carbocycles. The highest BCUT2D eigenvalue weighted by atomic mass is 16.2. The smallest absolute Gasteiger partial charge is 0.239 e. The predicted octanol–water partition coefficient (Wildman–Crippen LogP) is 1.65. The van der Waals surface area contributed by atoms with Crippen molar-refractivity contribution < 1.29 is 4.79 Å². The molecule has 0 unspecified atom stereocenters. The van der Waals surface area contributed by atoms with Crippen LogP contribution in [0.15, 0.2) is 18.5 Å². The number of hydrogen-bond acceptors (Lipinski definition) is 3. The number of carbonyl (C=O) groups excluding carboxylic acids is 1. The minimum Gasteiger partial charge on any atom is -0.341 e. The van der Waals surface area contributed by atoms with Gasteiger partial charge in [0.2, 0.25) is 5.91 Å². The van der Waals surface area contributed by atoms with Gasteiger partial charge in [-0.1, -0.05) is 19.3 Å². The van der Waals surface area contributed by atoms with Crippen LogP contribution in [0.1, 0.15) is 39.0 Å². The zero-order valence-electron chi connectivity index (χ0n) is 12.6. The molecule has 5 heteroatoms. The summed E-state index contributed by atoms with van der Waals surface area (Å²) in [6.45, 7) is 3.50. The van der Waals surface area contributed by atoms with E-state index < -0.39 is 0 Å². The zero-order valence-corrected chi connectivity index (χ0v) is 12.6. The van der Waals surface area contributed by atoms with Gasteiger partial charge in [0.1, 0.15) is 0 Å². The van der Waals surface area contributed by atoms with Gasteiger partial charge in [0.05, 0.1) is 12.6 Å². The lowest BCUT2D eigenvalue weighted by Crippen LogP contribution is -2.48. The largest absolute Gasteiger partial charge is 0.341 e. The molecular formula is C15H26N4O. The first-order valence-electron chi connectivity index (χ1n) is 7.66. The van der Waals surface area contributed by atoms with Crippen LogP contribution in [0.5, 0.6) is 0 Å². The normalized spacial score (nSPS) is 17.9. The van der Waals surface area contributed by atoms with E-state index in [1.807, 2.05) is 35.8 Å². The number of likely N-dealkylation sites (N-methyl/N-ethyl adjacent to an activating group) is 1. The molecule has 1 aromatic rings. The minimum atomic E-state index is -0.127. The summed E-state index contributed by atoms with van der Waals surface area (Å²) in [5.74, 6) is 0.206. The summed E-state index contributed by atoms with van der Waals surface area (Å²) in [7, 11) is 1.95. The van der Waals surface area contributed by atoms with E-state index in [0.29, 0.717) is 6.04 Å². The van der Waals surface area contributed by atoms with Crippen molar-refractivity contribution in [3.8, 4) is 0 Å². The Morgan fingerprint density at radius 3 is 2.85 bits per heavy atom. The Morgan fingerprint density at radius 2 is 2.20 bits per heavy atom. The van der Waals surface area contributed by atoms with Crippen molar-refractivity contribution in [1.29, 1.82) is 0 Å². The van der Waals surface area contributed by atoms with Crippen LogP contribution in [0.25, 0.3) is 0 Å². The maximum Gasteiger partial charge on any atom is 0.239 e. The van der Waals surface area contributed by atoms with Crippen molar-refractivity contribution in [3.05, 3.63) is 18.5 Å². The van der Waals surface area contributed by atoms with Gasteiger partial charge in [0, 0.05) is 32.0 Å². The highest BCUT2D eigenvalue weighted by molar-refractivity contribution is 5.81. The maximum absolute atomic E-state index is 12.4. The van der Waals surface area contributed by atoms with Gasteiger partial charge in [0.15, 0.2) is 0 Å². The lowest BCUT2D eigenvalue weighted by molar-refractivity contribution is -0.134. The third kappa shape index (κ3) is 4.07. The Bertz CT molecular complexity index is 398. The first-order chi connectivity index (χ1) is 9.68. The Balaban J connectivity index is 1.72. The van der Waals surface area contributed by atoms with Crippen molar-refractivity contribution in [3.63, 3.8) is 0 Å². The fourth-order valence-corrected chi connectivity index (χ4v) is 2.87. The van der Waals surface area contributed by atoms with E-state index in [0.717, 1.165) is 25.9 Å². The van der Waals surface area contributed by atoms with Crippen molar-refractivity contribution in [2.24, 2.45) is 0 Å². The van der Waals surface area contributed by atoms with E-state index in [2.05, 4.69) is 10.4 Å². The van der Waals surface area contributed by atoms with Gasteiger partial charge in [-0.2, -0.15) is 5.10 Å². The van der Waals surface area contributed by atoms with Crippen LogP contribution in [0.4, 0.5) is 0 Å². The fraction of sp³-hybridized carbons (Fsp3) is 0.733. The molecule has 1 atom stereocenters. The third-order valence-corrected chi connectivity index (χ3v) is 4.19. The molecule has 1 aliphatic carbocycles. The van der Waals surface area contributed by atoms with Crippen molar-refractivity contribution in [2.75, 3.05) is 13.6 Å². The van der Waals surface area contributed by atoms with E-state index in [1.165, 1.54) is 19.3 Å². The molecule has 1 amide bonds. The summed E-state index contributed by atoms with van der Waals surface area (Å²) < 4.78 is 1.87. The van der Waals surface area contributed by atoms with Gasteiger partial charge in [-0.15, -0.1) is 0 Å². The predicted molar refractivity (Wildman–Crippen MR) is 79.3 cm³/mol. The van der Waals surface area contributed by atoms with Crippen LogP contribution in [0, 0.1) is 0 Å². The molecule has 0 aliphatic heterocycles. The topological polar surface area (TPSA) is 50.2 Å². The Morgan fingerprint density at radius 1 is 1.45 bits per heavy atom. The Kier molecular flexibility index (Phi) is 5.59. The van der Waals surface area contributed by atoms with E-state index >= 15 is 0 Å². The standard InChI is InChI=1S/C15H26N4O/c1-13(16-10-12-19-11-6-9-17-19)15(20)18(2)14-7-4-3-5-8-14/h6,9,11,13-14,16H,3-5,7-8,10,12H2,1-2H3/t13-/m1/s1. The summed E-state index contributed by atoms with van der Waals surface area (Å²) >= 11 is 0. The molecule has 0 bridgehead atoms. The highest BCUT2D eigenvalue weighted by Crippen LogP contribution is 2.21. The molecular weight excluding hydrogens is 252 g/mol. The maximum atomic E-state index is 12.4. The number of amides is 1. The van der Waals surface area contributed by atoms with Gasteiger partial charge >= 0.3 is 0 Å². The summed E-state index contributed by atoms with van der Waals surface area (Å²) in [5.41, 5.74) is 0. The van der Waals surface area contributed by atoms with Crippen LogP contribution in [-0.4, -0.2) is 46.3 Å². The van der Waals surface area contributed by atoms with Crippen LogP contribution < -0.4 is 5.32 Å². The molecule has 112 valence electrons. The second kappa shape index (κ2) is 7.43. The van der Waals surface area contributed by atoms with E-state index in [-0.39, 0.29) is 11.9 Å². The SMILES string of the molecule is C[C@@H](NCCn1cccn1)C(=O)N(C)C1CCCCC1. The molecule has 1 heterocycles. The second-order valence-corrected chi connectivity index (χ2v) is 5.69. The van der Waals surface area contributed by atoms with Crippen LogP contribution in [0.3, 0.4) is 0 Å². The Hall–Kier alpha value is -1.36. The molecule has 1 aromatic heterocycles. The average molecular weight is 278 g/mol. The number of aromatic nitrogens is 2. The highest BCUT2D eigenvalue weighted by Gasteiger charge is 2.25. The second-order valence-electron chi connectivity index (χ2n) is 5.69. The summed E-state index contributed by atoms with van der Waals surface area (Å²) in [6.07, 6.45) is 9.83. The van der Waals surface area contributed by atoms with Crippen molar-refractivity contribution in [2.45, 2.75) is 57.7 Å². The van der Waals surface area contributed by atoms with Crippen molar-refractivity contribution >= 4 is 5.91 Å². The van der Waals surface area contributed by atoms with E-state index in [1.54, 1.807) is 6.20 Å². The zero-order chi connectivity index (χ0) is 14.4. The quantitative estimate of drug-likeness (QED) is 0.861. The molecule has 2 rings (SSSR count). The summed E-state index contributed by atoms with van der Waals surface area (Å²) in [5, 5.41) is 7.44. The average Bonchev–Trinajstić information content (AvgIpc) is 2.99. The van der Waals surface area contributed by atoms with Crippen LogP contribution in [-0.2, 0) is 11.3 Å². The molecule has 20 heavy (non-hydrogen) atoms. The molecule has 1 aliphatic rings. The third-order valence-electron chi connectivity index (χ3n) is 4.19. The number of carbonyl (C=O) groups is 1. The first kappa shape index (κ1) is 15.0. The number of hydrogen-bond donors (Lipinski definition) is 1. The van der Waals surface area contributed by atoms with Gasteiger partial charge in [-0.25, -0.2) is 0 Å². The van der Waals surface area contributed by atoms with Gasteiger partial charge in [-0.3, -0.25) is 9.48 Å². The molecule has 0 radical (unpaired) electrons. The number of rotatable bonds is 6. The van der Waals surface area contributed by atoms with Crippen LogP contribution in [0.2, 0.25) is 0 Å². The molecule has 0 spiro atoms. The monoisotopic (exact) mass is 278 g/mol. The van der Waals surface area contributed by atoms with Gasteiger partial charge in [0.25, 0.3) is 0 Å². The Labute approximate surface area is 121 Å². The first-order valence-corrected chi connectivity index (χ1v) is 7.66. The summed E-state index contributed by atoms with van der Waals surface area (Å²) in [4.78, 5) is 14.3. The number of nitrogens with zero attached hydrogens (tertiary/aromatic N) is 3. The lowest BCUT2D eigenvalue weighted by atomic mass is 9.94. The lowest BCUT2D eigenvalue weighted by Gasteiger charge is -2.33. The van der Waals surface area contributed by atoms with E-state index in [9.17, 15) is 4.79 Å². The van der Waals surface area contributed by atoms with Gasteiger partial charge < -0.3 is 10.2 Å². The fourth-order valence-electron chi connectivity index (χ4n) is 2.87. The van der Waals surface area contributed by atoms with E-state index in [4.69, 9.17) is 0 Å². The molecule has 1 saturated carbocycles. The summed E-state index contributed by atoms with van der Waals surface area (Å²) in [6, 6.07) is 2.22. The molecule has 1 N–H and O–H groups in total. The molecule has 0 saturated heterocycles. The van der Waals surface area contributed by atoms with Crippen LogP contribution >= 0.6 is 0 Å². The minimum absolute atomic E-state index is 0.127. The van der Waals surface area contributed by atoms with Crippen molar-refractivity contribution in [1.82, 2.24) is 20.0 Å². The molecule has 1 fully saturated rings. The van der Waals surface area contributed by atoms with Gasteiger partial charge in [-0.05, 0) is 25.8 Å². The molecule has 5 nitrogen and oxygen atoms in total. The number of nitrogens with one attached hydrogen (secondary N) is 1.